The minimum atomic E-state index is -0.0542. The Balaban J connectivity index is 2.55. The summed E-state index contributed by atoms with van der Waals surface area (Å²) in [6, 6.07) is 14.9. The Bertz CT molecular complexity index is 597. The molecule has 2 aromatic carbocycles. The molecule has 0 aliphatic rings. The van der Waals surface area contributed by atoms with Crippen LogP contribution in [0, 0.1) is 0 Å². The number of hydrogen-bond acceptors (Lipinski definition) is 1. The van der Waals surface area contributed by atoms with Crippen molar-refractivity contribution in [3.8, 4) is 5.75 Å². The molecule has 2 rings (SSSR count). The number of rotatable bonds is 5. The molecule has 0 saturated carbocycles. The minimum Gasteiger partial charge on any atom is -0.507 e. The zero-order chi connectivity index (χ0) is 15.5. The van der Waals surface area contributed by atoms with Gasteiger partial charge in [-0.2, -0.15) is 0 Å². The van der Waals surface area contributed by atoms with E-state index >= 15 is 0 Å². The molecule has 1 heteroatoms. The standard InChI is InChI=1S/C20H26O/c1-5-10-16-14-18(13-15(6-2)19(16)21)20(3,4)17-11-8-7-9-12-17/h7-9,11-14,21H,5-6,10H2,1-4H3. The molecule has 2 aromatic rings. The van der Waals surface area contributed by atoms with Gasteiger partial charge in [0.25, 0.3) is 0 Å². The van der Waals surface area contributed by atoms with Gasteiger partial charge in [-0.3, -0.25) is 0 Å². The summed E-state index contributed by atoms with van der Waals surface area (Å²) in [5.41, 5.74) is 4.67. The zero-order valence-corrected chi connectivity index (χ0v) is 13.6. The molecule has 0 aliphatic carbocycles. The predicted octanol–water partition coefficient (Wildman–Crippen LogP) is 5.23. The van der Waals surface area contributed by atoms with Crippen molar-refractivity contribution in [3.05, 3.63) is 64.7 Å². The van der Waals surface area contributed by atoms with E-state index < -0.39 is 0 Å². The van der Waals surface area contributed by atoms with Crippen molar-refractivity contribution in [2.24, 2.45) is 0 Å². The van der Waals surface area contributed by atoms with Gasteiger partial charge in [0.15, 0.2) is 0 Å². The molecule has 0 heterocycles. The number of benzene rings is 2. The van der Waals surface area contributed by atoms with E-state index in [1.807, 2.05) is 0 Å². The first-order valence-corrected chi connectivity index (χ1v) is 7.91. The van der Waals surface area contributed by atoms with Crippen LogP contribution < -0.4 is 0 Å². The lowest BCUT2D eigenvalue weighted by molar-refractivity contribution is 0.460. The van der Waals surface area contributed by atoms with Crippen molar-refractivity contribution in [1.29, 1.82) is 0 Å². The topological polar surface area (TPSA) is 20.2 Å². The lowest BCUT2D eigenvalue weighted by Crippen LogP contribution is -2.19. The Morgan fingerprint density at radius 2 is 1.52 bits per heavy atom. The van der Waals surface area contributed by atoms with Crippen LogP contribution in [0.5, 0.6) is 5.75 Å². The number of phenolic OH excluding ortho intramolecular Hbond substituents is 1. The maximum absolute atomic E-state index is 10.4. The van der Waals surface area contributed by atoms with E-state index in [-0.39, 0.29) is 5.41 Å². The third kappa shape index (κ3) is 3.12. The molecule has 1 N–H and O–H groups in total. The molecular weight excluding hydrogens is 256 g/mol. The van der Waals surface area contributed by atoms with Crippen molar-refractivity contribution in [2.45, 2.75) is 52.4 Å². The van der Waals surface area contributed by atoms with Crippen LogP contribution in [0.3, 0.4) is 0 Å². The van der Waals surface area contributed by atoms with E-state index in [4.69, 9.17) is 0 Å². The van der Waals surface area contributed by atoms with Crippen LogP contribution >= 0.6 is 0 Å². The lowest BCUT2D eigenvalue weighted by Gasteiger charge is -2.28. The Morgan fingerprint density at radius 1 is 0.905 bits per heavy atom. The SMILES string of the molecule is CCCc1cc(C(C)(C)c2ccccc2)cc(CC)c1O. The summed E-state index contributed by atoms with van der Waals surface area (Å²) in [6.07, 6.45) is 2.84. The van der Waals surface area contributed by atoms with Crippen LogP contribution in [0.4, 0.5) is 0 Å². The molecule has 0 saturated heterocycles. The van der Waals surface area contributed by atoms with Gasteiger partial charge in [-0.15, -0.1) is 0 Å². The summed E-state index contributed by atoms with van der Waals surface area (Å²) in [5.74, 6) is 0.493. The molecule has 0 spiro atoms. The molecule has 0 atom stereocenters. The summed E-state index contributed by atoms with van der Waals surface area (Å²) in [5, 5.41) is 10.4. The normalized spacial score (nSPS) is 11.6. The van der Waals surface area contributed by atoms with Gasteiger partial charge in [0.05, 0.1) is 0 Å². The summed E-state index contributed by atoms with van der Waals surface area (Å²) < 4.78 is 0. The average Bonchev–Trinajstić information content (AvgIpc) is 2.50. The van der Waals surface area contributed by atoms with Crippen LogP contribution in [0.2, 0.25) is 0 Å². The smallest absolute Gasteiger partial charge is 0.121 e. The van der Waals surface area contributed by atoms with E-state index in [0.717, 1.165) is 30.4 Å². The van der Waals surface area contributed by atoms with Gasteiger partial charge in [0.2, 0.25) is 0 Å². The third-order valence-electron chi connectivity index (χ3n) is 4.39. The van der Waals surface area contributed by atoms with Crippen molar-refractivity contribution in [3.63, 3.8) is 0 Å². The van der Waals surface area contributed by atoms with Crippen LogP contribution in [0.25, 0.3) is 0 Å². The van der Waals surface area contributed by atoms with Crippen molar-refractivity contribution in [2.75, 3.05) is 0 Å². The highest BCUT2D eigenvalue weighted by Gasteiger charge is 2.24. The molecule has 0 amide bonds. The van der Waals surface area contributed by atoms with Gasteiger partial charge >= 0.3 is 0 Å². The van der Waals surface area contributed by atoms with Gasteiger partial charge in [0.1, 0.15) is 5.75 Å². The van der Waals surface area contributed by atoms with Gasteiger partial charge in [0, 0.05) is 5.41 Å². The first-order chi connectivity index (χ1) is 10.0. The second-order valence-electron chi connectivity index (χ2n) is 6.24. The fourth-order valence-electron chi connectivity index (χ4n) is 2.87. The van der Waals surface area contributed by atoms with Gasteiger partial charge in [-0.25, -0.2) is 0 Å². The van der Waals surface area contributed by atoms with Crippen LogP contribution in [-0.4, -0.2) is 5.11 Å². The summed E-state index contributed by atoms with van der Waals surface area (Å²) in [4.78, 5) is 0. The van der Waals surface area contributed by atoms with E-state index in [1.165, 1.54) is 11.1 Å². The van der Waals surface area contributed by atoms with E-state index in [9.17, 15) is 5.11 Å². The molecule has 0 bridgehead atoms. The lowest BCUT2D eigenvalue weighted by atomic mass is 9.76. The first kappa shape index (κ1) is 15.6. The Labute approximate surface area is 128 Å². The van der Waals surface area contributed by atoms with Gasteiger partial charge in [-0.1, -0.05) is 76.6 Å². The number of aryl methyl sites for hydroxylation is 2. The van der Waals surface area contributed by atoms with Crippen LogP contribution in [0.1, 0.15) is 56.4 Å². The van der Waals surface area contributed by atoms with E-state index in [1.54, 1.807) is 0 Å². The molecule has 0 radical (unpaired) electrons. The first-order valence-electron chi connectivity index (χ1n) is 7.91. The summed E-state index contributed by atoms with van der Waals surface area (Å²) in [6.45, 7) is 8.76. The molecule has 0 aliphatic heterocycles. The predicted molar refractivity (Wildman–Crippen MR) is 90.0 cm³/mol. The van der Waals surface area contributed by atoms with Crippen molar-refractivity contribution in [1.82, 2.24) is 0 Å². The molecule has 21 heavy (non-hydrogen) atoms. The number of hydrogen-bond donors (Lipinski definition) is 1. The molecule has 0 fully saturated rings. The zero-order valence-electron chi connectivity index (χ0n) is 13.6. The maximum atomic E-state index is 10.4. The fourth-order valence-corrected chi connectivity index (χ4v) is 2.87. The second-order valence-corrected chi connectivity index (χ2v) is 6.24. The highest BCUT2D eigenvalue weighted by molar-refractivity contribution is 5.49. The quantitative estimate of drug-likeness (QED) is 0.795. The Hall–Kier alpha value is -1.76. The van der Waals surface area contributed by atoms with Crippen molar-refractivity contribution < 1.29 is 5.11 Å². The van der Waals surface area contributed by atoms with Crippen molar-refractivity contribution >= 4 is 0 Å². The summed E-state index contributed by atoms with van der Waals surface area (Å²) >= 11 is 0. The highest BCUT2D eigenvalue weighted by atomic mass is 16.3. The average molecular weight is 282 g/mol. The number of aromatic hydroxyl groups is 1. The van der Waals surface area contributed by atoms with Gasteiger partial charge < -0.3 is 5.11 Å². The molecule has 112 valence electrons. The largest absolute Gasteiger partial charge is 0.507 e. The number of phenols is 1. The second kappa shape index (κ2) is 6.34. The molecule has 0 unspecified atom stereocenters. The molecular formula is C20H26O. The fraction of sp³-hybridized carbons (Fsp3) is 0.400. The Morgan fingerprint density at radius 3 is 2.10 bits per heavy atom. The maximum Gasteiger partial charge on any atom is 0.121 e. The van der Waals surface area contributed by atoms with E-state index in [0.29, 0.717) is 5.75 Å². The third-order valence-corrected chi connectivity index (χ3v) is 4.39. The van der Waals surface area contributed by atoms with Crippen LogP contribution in [-0.2, 0) is 18.3 Å². The van der Waals surface area contributed by atoms with E-state index in [2.05, 4.69) is 70.2 Å². The highest BCUT2D eigenvalue weighted by Crippen LogP contribution is 2.36. The molecule has 1 nitrogen and oxygen atoms in total. The molecule has 0 aromatic heterocycles. The minimum absolute atomic E-state index is 0.0542. The van der Waals surface area contributed by atoms with Gasteiger partial charge in [-0.05, 0) is 35.1 Å². The van der Waals surface area contributed by atoms with Crippen LogP contribution in [0.15, 0.2) is 42.5 Å². The monoisotopic (exact) mass is 282 g/mol. The Kier molecular flexibility index (Phi) is 4.72. The summed E-state index contributed by atoms with van der Waals surface area (Å²) in [7, 11) is 0.